The van der Waals surface area contributed by atoms with E-state index in [9.17, 15) is 9.18 Å². The van der Waals surface area contributed by atoms with Gasteiger partial charge in [0.1, 0.15) is 28.2 Å². The number of nitrogens with zero attached hydrogens (tertiary/aromatic N) is 10. The Morgan fingerprint density at radius 2 is 1.82 bits per heavy atom. The summed E-state index contributed by atoms with van der Waals surface area (Å²) in [5, 5.41) is 11.8. The second-order valence-corrected chi connectivity index (χ2v) is 9.96. The summed E-state index contributed by atoms with van der Waals surface area (Å²) in [6.45, 7) is 3.90. The van der Waals surface area contributed by atoms with E-state index in [1.165, 1.54) is 23.1 Å². The molecule has 0 aromatic carbocycles. The molecule has 5 aromatic heterocycles. The smallest absolute Gasteiger partial charge is 0.267 e. The molecule has 0 saturated heterocycles. The van der Waals surface area contributed by atoms with Crippen LogP contribution in [0.25, 0.3) is 22.9 Å². The highest BCUT2D eigenvalue weighted by atomic mass is 35.5. The molecule has 5 aromatic rings. The van der Waals surface area contributed by atoms with Crippen molar-refractivity contribution in [1.29, 1.82) is 0 Å². The van der Waals surface area contributed by atoms with Gasteiger partial charge in [0.2, 0.25) is 0 Å². The molecule has 1 aliphatic rings. The zero-order chi connectivity index (χ0) is 31.0. The first-order chi connectivity index (χ1) is 20.3. The summed E-state index contributed by atoms with van der Waals surface area (Å²) >= 11 is 6.54. The molecule has 11 nitrogen and oxygen atoms in total. The maximum atomic E-state index is 16.2. The first kappa shape index (κ1) is 22.4. The Balaban J connectivity index is 1.40. The molecule has 0 bridgehead atoms. The number of hydrogen-bond acceptors (Lipinski definition) is 8. The van der Waals surface area contributed by atoms with Crippen molar-refractivity contribution in [3.8, 4) is 22.9 Å². The van der Waals surface area contributed by atoms with Crippen LogP contribution in [0.15, 0.2) is 29.3 Å². The van der Waals surface area contributed by atoms with Gasteiger partial charge in [-0.15, -0.1) is 5.10 Å². The average Bonchev–Trinajstić information content (AvgIpc) is 3.40. The third kappa shape index (κ3) is 4.17. The van der Waals surface area contributed by atoms with Crippen LogP contribution in [-0.2, 0) is 6.98 Å². The van der Waals surface area contributed by atoms with Crippen LogP contribution < -0.4 is 5.56 Å². The van der Waals surface area contributed by atoms with Gasteiger partial charge in [0, 0.05) is 29.1 Å². The van der Waals surface area contributed by atoms with Gasteiger partial charge in [-0.25, -0.2) is 23.7 Å². The van der Waals surface area contributed by atoms with Crippen LogP contribution in [0.1, 0.15) is 56.8 Å². The largest absolute Gasteiger partial charge is 0.277 e. The molecule has 204 valence electrons. The minimum Gasteiger partial charge on any atom is -0.267 e. The van der Waals surface area contributed by atoms with Crippen molar-refractivity contribution in [1.82, 2.24) is 49.3 Å². The summed E-state index contributed by atoms with van der Waals surface area (Å²) < 4.78 is 55.7. The van der Waals surface area contributed by atoms with Gasteiger partial charge in [-0.3, -0.25) is 14.3 Å². The van der Waals surface area contributed by atoms with Crippen LogP contribution in [0, 0.1) is 39.3 Å². The van der Waals surface area contributed by atoms with Crippen LogP contribution in [-0.4, -0.2) is 49.3 Å². The van der Waals surface area contributed by atoms with Gasteiger partial charge in [0.05, 0.1) is 29.0 Å². The average molecular weight is 568 g/mol. The van der Waals surface area contributed by atoms with Gasteiger partial charge in [0.15, 0.2) is 17.5 Å². The molecular formula is C26H23ClF2N10O. The van der Waals surface area contributed by atoms with Crippen molar-refractivity contribution >= 4 is 11.6 Å². The van der Waals surface area contributed by atoms with E-state index in [2.05, 4.69) is 35.2 Å². The highest BCUT2D eigenvalue weighted by molar-refractivity contribution is 6.31. The predicted molar refractivity (Wildman–Crippen MR) is 141 cm³/mol. The Morgan fingerprint density at radius 1 is 1.02 bits per heavy atom. The second-order valence-electron chi connectivity index (χ2n) is 9.58. The van der Waals surface area contributed by atoms with E-state index in [0.717, 1.165) is 10.6 Å². The summed E-state index contributed by atoms with van der Waals surface area (Å²) in [6, 6.07) is 2.41. The molecule has 0 spiro atoms. The maximum absolute atomic E-state index is 16.2. The van der Waals surface area contributed by atoms with Crippen LogP contribution >= 0.6 is 11.6 Å². The van der Waals surface area contributed by atoms with Gasteiger partial charge in [-0.05, 0) is 51.8 Å². The van der Waals surface area contributed by atoms with E-state index in [0.29, 0.717) is 39.8 Å². The van der Waals surface area contributed by atoms with E-state index in [-0.39, 0.29) is 45.6 Å². The molecule has 1 aliphatic carbocycles. The zero-order valence-corrected chi connectivity index (χ0v) is 22.4. The molecule has 6 rings (SSSR count). The van der Waals surface area contributed by atoms with E-state index in [1.807, 2.05) is 0 Å². The number of aryl methyl sites for hydroxylation is 5. The number of rotatable bonds is 5. The van der Waals surface area contributed by atoms with Crippen molar-refractivity contribution in [2.45, 2.75) is 46.0 Å². The normalized spacial score (nSPS) is 17.9. The summed E-state index contributed by atoms with van der Waals surface area (Å²) in [7, 11) is 0. The Bertz CT molecular complexity index is 1990. The first-order valence-corrected chi connectivity index (χ1v) is 12.6. The van der Waals surface area contributed by atoms with E-state index >= 15 is 4.39 Å². The molecule has 0 aliphatic heterocycles. The lowest BCUT2D eigenvalue weighted by atomic mass is 10.1. The lowest BCUT2D eigenvalue weighted by Crippen LogP contribution is -2.26. The van der Waals surface area contributed by atoms with Crippen LogP contribution in [0.3, 0.4) is 0 Å². The van der Waals surface area contributed by atoms with Crippen LogP contribution in [0.4, 0.5) is 8.78 Å². The quantitative estimate of drug-likeness (QED) is 0.314. The molecule has 0 radical (unpaired) electrons. The van der Waals surface area contributed by atoms with Crippen molar-refractivity contribution in [3.05, 3.63) is 86.0 Å². The van der Waals surface area contributed by atoms with Crippen LogP contribution in [0.5, 0.6) is 0 Å². The third-order valence-corrected chi connectivity index (χ3v) is 7.15. The molecule has 0 unspecified atom stereocenters. The van der Waals surface area contributed by atoms with Gasteiger partial charge in [0.25, 0.3) is 5.56 Å². The molecule has 0 amide bonds. The molecular weight excluding hydrogens is 542 g/mol. The van der Waals surface area contributed by atoms with Crippen LogP contribution in [0.2, 0.25) is 5.02 Å². The molecule has 1 fully saturated rings. The van der Waals surface area contributed by atoms with Crippen molar-refractivity contribution in [2.75, 3.05) is 0 Å². The fourth-order valence-corrected chi connectivity index (χ4v) is 5.12. The maximum Gasteiger partial charge on any atom is 0.277 e. The predicted octanol–water partition coefficient (Wildman–Crippen LogP) is 3.84. The zero-order valence-electron chi connectivity index (χ0n) is 24.7. The Kier molecular flexibility index (Phi) is 5.25. The lowest BCUT2D eigenvalue weighted by molar-refractivity contribution is 0.594. The fraction of sp³-hybridized carbons (Fsp3) is 0.308. The Labute approximate surface area is 235 Å². The van der Waals surface area contributed by atoms with Gasteiger partial charge in [-0.1, -0.05) is 11.6 Å². The molecule has 14 heteroatoms. The third-order valence-electron chi connectivity index (χ3n) is 6.80. The number of halogens is 3. The summed E-state index contributed by atoms with van der Waals surface area (Å²) in [6.07, 6.45) is 3.28. The summed E-state index contributed by atoms with van der Waals surface area (Å²) in [5.74, 6) is -1.30. The van der Waals surface area contributed by atoms with E-state index in [4.69, 9.17) is 15.7 Å². The van der Waals surface area contributed by atoms with Gasteiger partial charge in [-0.2, -0.15) is 19.7 Å². The molecule has 0 N–H and O–H groups in total. The fourth-order valence-electron chi connectivity index (χ4n) is 4.86. The van der Waals surface area contributed by atoms with Gasteiger partial charge >= 0.3 is 0 Å². The number of pyridine rings is 2. The number of aromatic nitrogens is 10. The highest BCUT2D eigenvalue weighted by Gasteiger charge is 2.44. The topological polar surface area (TPSA) is 122 Å². The number of hydrogen-bond donors (Lipinski definition) is 0. The Hall–Kier alpha value is -4.39. The van der Waals surface area contributed by atoms with Crippen molar-refractivity contribution in [3.63, 3.8) is 0 Å². The molecule has 40 heavy (non-hydrogen) atoms. The minimum atomic E-state index is -2.51. The van der Waals surface area contributed by atoms with Crippen molar-refractivity contribution < 1.29 is 12.9 Å². The first-order valence-electron chi connectivity index (χ1n) is 13.7. The van der Waals surface area contributed by atoms with Crippen molar-refractivity contribution in [2.24, 2.45) is 6.98 Å². The lowest BCUT2D eigenvalue weighted by Gasteiger charge is -2.17. The SMILES string of the molecule is [2H]C([2H])([2H])n1ncc([C@H]2C[C@@H]2c2nc(C)n(-c3c(C)cnc(-c4ccc(F)c(-n5nc(C)nc5C)n4)c3F)c(=O)c2Cl)n1. The van der Waals surface area contributed by atoms with E-state index in [1.54, 1.807) is 27.7 Å². The summed E-state index contributed by atoms with van der Waals surface area (Å²) in [5.41, 5.74) is 0.0575. The highest BCUT2D eigenvalue weighted by Crippen LogP contribution is 2.54. The molecule has 1 saturated carbocycles. The monoisotopic (exact) mass is 567 g/mol. The standard InChI is InChI=1S/C26H23ClF2N10O/c1-11-9-30-23(18-7-6-17(28)25(34-18)39-14(4)32-12(2)35-39)21(29)24(11)38-13(3)33-22(20(27)26(38)40)16-8-15(16)19-10-31-37(5)36-19/h6-7,9-10,15-16H,8H2,1-5H3/t15-,16-/m0/s1/i5D3. The molecule has 2 atom stereocenters. The minimum absolute atomic E-state index is 0.00927. The van der Waals surface area contributed by atoms with Gasteiger partial charge < -0.3 is 0 Å². The molecule has 5 heterocycles. The summed E-state index contributed by atoms with van der Waals surface area (Å²) in [4.78, 5) is 31.5. The van der Waals surface area contributed by atoms with E-state index < -0.39 is 24.2 Å². The second kappa shape index (κ2) is 9.37. The Morgan fingerprint density at radius 3 is 2.52 bits per heavy atom.